The van der Waals surface area contributed by atoms with E-state index in [1.165, 1.54) is 77.0 Å². The molecule has 0 spiro atoms. The van der Waals surface area contributed by atoms with Crippen LogP contribution in [-0.4, -0.2) is 98.7 Å². The van der Waals surface area contributed by atoms with Crippen molar-refractivity contribution in [1.82, 2.24) is 5.32 Å². The number of amides is 1. The molecule has 0 radical (unpaired) electrons. The van der Waals surface area contributed by atoms with Crippen LogP contribution >= 0.6 is 0 Å². The summed E-state index contributed by atoms with van der Waals surface area (Å²) in [6.45, 7) is 3.32. The lowest BCUT2D eigenvalue weighted by atomic mass is 9.99. The van der Waals surface area contributed by atoms with E-state index in [9.17, 15) is 35.4 Å². The van der Waals surface area contributed by atoms with Crippen molar-refractivity contribution < 1.29 is 44.9 Å². The van der Waals surface area contributed by atoms with Gasteiger partial charge in [0.25, 0.3) is 0 Å². The Morgan fingerprint density at radius 3 is 1.70 bits per heavy atom. The predicted molar refractivity (Wildman–Crippen MR) is 167 cm³/mol. The van der Waals surface area contributed by atoms with E-state index in [1.54, 1.807) is 0 Å². The Hall–Kier alpha value is -0.850. The van der Waals surface area contributed by atoms with Gasteiger partial charge in [0, 0.05) is 6.42 Å². The molecule has 1 amide bonds. The zero-order valence-corrected chi connectivity index (χ0v) is 27.1. The summed E-state index contributed by atoms with van der Waals surface area (Å²) in [7, 11) is 0. The third-order valence-electron chi connectivity index (χ3n) is 8.55. The molecule has 0 aliphatic carbocycles. The quantitative estimate of drug-likeness (QED) is 0.0675. The Balaban J connectivity index is 2.32. The van der Waals surface area contributed by atoms with Crippen molar-refractivity contribution >= 4 is 5.91 Å². The lowest BCUT2D eigenvalue weighted by Gasteiger charge is -2.40. The summed E-state index contributed by atoms with van der Waals surface area (Å²) < 4.78 is 10.9. The van der Waals surface area contributed by atoms with Crippen LogP contribution in [0.25, 0.3) is 0 Å². The zero-order chi connectivity index (χ0) is 31.9. The van der Waals surface area contributed by atoms with E-state index in [0.717, 1.165) is 32.1 Å². The molecular weight excluding hydrogens is 554 g/mol. The molecular formula is C33H65NO9. The molecule has 1 aliphatic rings. The highest BCUT2D eigenvalue weighted by molar-refractivity contribution is 5.76. The molecule has 1 rings (SSSR count). The smallest absolute Gasteiger partial charge is 0.220 e. The number of ether oxygens (including phenoxy) is 2. The third-order valence-corrected chi connectivity index (χ3v) is 8.55. The van der Waals surface area contributed by atoms with E-state index in [0.29, 0.717) is 12.8 Å². The maximum absolute atomic E-state index is 12.7. The summed E-state index contributed by atoms with van der Waals surface area (Å²) in [5.74, 6) is -0.269. The van der Waals surface area contributed by atoms with Crippen LogP contribution in [0.5, 0.6) is 0 Å². The summed E-state index contributed by atoms with van der Waals surface area (Å²) in [4.78, 5) is 12.7. The van der Waals surface area contributed by atoms with Crippen LogP contribution in [-0.2, 0) is 14.3 Å². The van der Waals surface area contributed by atoms with E-state index in [2.05, 4.69) is 12.2 Å². The molecule has 0 aromatic rings. The topological polar surface area (TPSA) is 169 Å². The van der Waals surface area contributed by atoms with Crippen molar-refractivity contribution in [2.45, 2.75) is 191 Å². The number of unbranched alkanes of at least 4 members (excludes halogenated alkanes) is 16. The Bertz CT molecular complexity index is 668. The van der Waals surface area contributed by atoms with Gasteiger partial charge in [0.2, 0.25) is 5.91 Å². The first-order chi connectivity index (χ1) is 20.8. The van der Waals surface area contributed by atoms with Gasteiger partial charge >= 0.3 is 0 Å². The predicted octanol–water partition coefficient (Wildman–Crippen LogP) is 3.85. The number of aliphatic hydroxyl groups is 6. The minimum absolute atomic E-state index is 0.269. The summed E-state index contributed by atoms with van der Waals surface area (Å²) in [5.41, 5.74) is 0. The van der Waals surface area contributed by atoms with Gasteiger partial charge in [0.1, 0.15) is 30.5 Å². The molecule has 0 saturated carbocycles. The lowest BCUT2D eigenvalue weighted by Crippen LogP contribution is -2.60. The van der Waals surface area contributed by atoms with Crippen LogP contribution in [0.1, 0.15) is 142 Å². The Labute approximate surface area is 260 Å². The van der Waals surface area contributed by atoms with E-state index in [4.69, 9.17) is 9.47 Å². The fraction of sp³-hybridized carbons (Fsp3) is 0.970. The van der Waals surface area contributed by atoms with Crippen molar-refractivity contribution in [2.75, 3.05) is 13.2 Å². The molecule has 1 heterocycles. The highest BCUT2D eigenvalue weighted by Crippen LogP contribution is 2.23. The molecule has 0 unspecified atom stereocenters. The molecule has 0 aromatic heterocycles. The minimum Gasteiger partial charge on any atom is -0.394 e. The van der Waals surface area contributed by atoms with Gasteiger partial charge in [-0.25, -0.2) is 0 Å². The highest BCUT2D eigenvalue weighted by atomic mass is 16.7. The number of aliphatic hydroxyl groups excluding tert-OH is 6. The Morgan fingerprint density at radius 2 is 1.21 bits per heavy atom. The standard InChI is InChI=1S/C33H65NO9/c1-3-5-7-8-9-10-11-12-13-14-15-16-17-18-19-20-22-28(37)34-25(29(38)26(36)21-6-4-2)24-42-33-32(41)31(40)30(39)27(23-35)43-33/h25-27,29-33,35-36,38-41H,3-24H2,1-2H3,(H,34,37)/t25-,26+,27+,29-,30-,31-,32+,33-/m0/s1. The Kier molecular flexibility index (Phi) is 23.7. The first-order valence-electron chi connectivity index (χ1n) is 17.3. The fourth-order valence-electron chi connectivity index (χ4n) is 5.59. The monoisotopic (exact) mass is 619 g/mol. The summed E-state index contributed by atoms with van der Waals surface area (Å²) in [6, 6.07) is -0.979. The molecule has 43 heavy (non-hydrogen) atoms. The lowest BCUT2D eigenvalue weighted by molar-refractivity contribution is -0.303. The number of carbonyl (C=O) groups is 1. The van der Waals surface area contributed by atoms with Gasteiger partial charge in [-0.1, -0.05) is 123 Å². The van der Waals surface area contributed by atoms with Crippen molar-refractivity contribution in [1.29, 1.82) is 0 Å². The van der Waals surface area contributed by atoms with Crippen molar-refractivity contribution in [3.63, 3.8) is 0 Å². The molecule has 0 aromatic carbocycles. The summed E-state index contributed by atoms with van der Waals surface area (Å²) in [6.07, 6.45) is 12.5. The van der Waals surface area contributed by atoms with Crippen LogP contribution in [0, 0.1) is 0 Å². The second kappa shape index (κ2) is 25.4. The van der Waals surface area contributed by atoms with Crippen LogP contribution in [0.3, 0.4) is 0 Å². The van der Waals surface area contributed by atoms with Crippen molar-refractivity contribution in [3.8, 4) is 0 Å². The van der Waals surface area contributed by atoms with E-state index >= 15 is 0 Å². The van der Waals surface area contributed by atoms with Gasteiger partial charge in [0.15, 0.2) is 6.29 Å². The molecule has 0 bridgehead atoms. The number of hydrogen-bond donors (Lipinski definition) is 7. The average molecular weight is 620 g/mol. The van der Waals surface area contributed by atoms with Gasteiger partial charge in [0.05, 0.1) is 25.4 Å². The van der Waals surface area contributed by atoms with Gasteiger partial charge in [-0.15, -0.1) is 0 Å². The maximum atomic E-state index is 12.7. The first-order valence-corrected chi connectivity index (χ1v) is 17.3. The molecule has 7 N–H and O–H groups in total. The van der Waals surface area contributed by atoms with Crippen LogP contribution in [0.2, 0.25) is 0 Å². The molecule has 256 valence electrons. The summed E-state index contributed by atoms with van der Waals surface area (Å²) in [5, 5.41) is 63.6. The maximum Gasteiger partial charge on any atom is 0.220 e. The molecule has 10 nitrogen and oxygen atoms in total. The number of hydrogen-bond acceptors (Lipinski definition) is 9. The van der Waals surface area contributed by atoms with Gasteiger partial charge < -0.3 is 45.4 Å². The Morgan fingerprint density at radius 1 is 0.721 bits per heavy atom. The van der Waals surface area contributed by atoms with Crippen molar-refractivity contribution in [3.05, 3.63) is 0 Å². The van der Waals surface area contributed by atoms with Crippen LogP contribution in [0.4, 0.5) is 0 Å². The molecule has 8 atom stereocenters. The molecule has 10 heteroatoms. The normalized spacial score (nSPS) is 24.5. The van der Waals surface area contributed by atoms with E-state index in [1.807, 2.05) is 6.92 Å². The van der Waals surface area contributed by atoms with Gasteiger partial charge in [-0.2, -0.15) is 0 Å². The molecule has 1 aliphatic heterocycles. The zero-order valence-electron chi connectivity index (χ0n) is 27.1. The van der Waals surface area contributed by atoms with Crippen LogP contribution < -0.4 is 5.32 Å². The minimum atomic E-state index is -1.60. The van der Waals surface area contributed by atoms with Crippen molar-refractivity contribution in [2.24, 2.45) is 0 Å². The highest BCUT2D eigenvalue weighted by Gasteiger charge is 2.44. The average Bonchev–Trinajstić information content (AvgIpc) is 3.00. The second-order valence-corrected chi connectivity index (χ2v) is 12.5. The SMILES string of the molecule is CCCCCCCCCCCCCCCCCCC(=O)N[C@@H](CO[C@H]1O[C@H](CO)[C@H](O)[C@H](O)[C@H]1O)[C@H](O)[C@H](O)CCCC. The largest absolute Gasteiger partial charge is 0.394 e. The summed E-state index contributed by atoms with van der Waals surface area (Å²) >= 11 is 0. The molecule has 1 saturated heterocycles. The number of rotatable bonds is 27. The fourth-order valence-corrected chi connectivity index (χ4v) is 5.59. The third kappa shape index (κ3) is 17.4. The van der Waals surface area contributed by atoms with Crippen LogP contribution in [0.15, 0.2) is 0 Å². The number of carbonyl (C=O) groups excluding carboxylic acids is 1. The molecule has 1 fully saturated rings. The van der Waals surface area contributed by atoms with Gasteiger partial charge in [-0.05, 0) is 12.8 Å². The van der Waals surface area contributed by atoms with Gasteiger partial charge in [-0.3, -0.25) is 4.79 Å². The number of nitrogens with one attached hydrogen (secondary N) is 1. The van der Waals surface area contributed by atoms with E-state index < -0.39 is 55.6 Å². The van der Waals surface area contributed by atoms with E-state index in [-0.39, 0.29) is 18.9 Å². The first kappa shape index (κ1) is 40.2. The second-order valence-electron chi connectivity index (χ2n) is 12.5.